The fourth-order valence-corrected chi connectivity index (χ4v) is 3.27. The van der Waals surface area contributed by atoms with Crippen molar-refractivity contribution in [2.24, 2.45) is 5.92 Å². The molecule has 3 rings (SSSR count). The second-order valence-corrected chi connectivity index (χ2v) is 6.42. The molecule has 1 aromatic rings. The van der Waals surface area contributed by atoms with Crippen LogP contribution in [0.2, 0.25) is 5.02 Å². The van der Waals surface area contributed by atoms with E-state index in [1.165, 1.54) is 0 Å². The SMILES string of the molecule is O=C(NCC1CCC(O)CC1)C1Cc2cc(Cl)ccc2O1. The number of fused-ring (bicyclic) bond motifs is 1. The van der Waals surface area contributed by atoms with Crippen molar-refractivity contribution in [2.45, 2.75) is 44.3 Å². The first-order valence-electron chi connectivity index (χ1n) is 7.52. The Morgan fingerprint density at radius 1 is 1.33 bits per heavy atom. The maximum atomic E-state index is 12.2. The number of carbonyl (C=O) groups excluding carboxylic acids is 1. The zero-order valence-corrected chi connectivity index (χ0v) is 12.6. The summed E-state index contributed by atoms with van der Waals surface area (Å²) in [6, 6.07) is 5.44. The molecule has 2 N–H and O–H groups in total. The monoisotopic (exact) mass is 309 g/mol. The smallest absolute Gasteiger partial charge is 0.261 e. The summed E-state index contributed by atoms with van der Waals surface area (Å²) in [5.41, 5.74) is 0.989. The molecule has 4 nitrogen and oxygen atoms in total. The molecule has 1 heterocycles. The number of amides is 1. The van der Waals surface area contributed by atoms with E-state index >= 15 is 0 Å². The molecule has 1 aliphatic heterocycles. The van der Waals surface area contributed by atoms with Crippen molar-refractivity contribution in [1.29, 1.82) is 0 Å². The number of nitrogens with one attached hydrogen (secondary N) is 1. The van der Waals surface area contributed by atoms with E-state index in [9.17, 15) is 9.90 Å². The largest absolute Gasteiger partial charge is 0.480 e. The minimum atomic E-state index is -0.451. The van der Waals surface area contributed by atoms with Gasteiger partial charge in [0.1, 0.15) is 5.75 Å². The molecule has 1 fully saturated rings. The average Bonchev–Trinajstić information content (AvgIpc) is 2.89. The van der Waals surface area contributed by atoms with Crippen LogP contribution in [0.25, 0.3) is 0 Å². The van der Waals surface area contributed by atoms with Crippen molar-refractivity contribution in [1.82, 2.24) is 5.32 Å². The Morgan fingerprint density at radius 2 is 2.10 bits per heavy atom. The van der Waals surface area contributed by atoms with Crippen LogP contribution in [0.15, 0.2) is 18.2 Å². The predicted molar refractivity (Wildman–Crippen MR) is 80.5 cm³/mol. The van der Waals surface area contributed by atoms with E-state index in [2.05, 4.69) is 5.32 Å². The van der Waals surface area contributed by atoms with E-state index in [0.717, 1.165) is 37.0 Å². The Hall–Kier alpha value is -1.26. The first kappa shape index (κ1) is 14.7. The molecule has 0 radical (unpaired) electrons. The first-order chi connectivity index (χ1) is 10.1. The third-order valence-electron chi connectivity index (χ3n) is 4.37. The Morgan fingerprint density at radius 3 is 2.86 bits per heavy atom. The normalized spacial score (nSPS) is 27.8. The Bertz CT molecular complexity index is 526. The van der Waals surface area contributed by atoms with Gasteiger partial charge >= 0.3 is 0 Å². The molecule has 0 bridgehead atoms. The zero-order valence-electron chi connectivity index (χ0n) is 11.8. The molecule has 0 spiro atoms. The fraction of sp³-hybridized carbons (Fsp3) is 0.562. The maximum Gasteiger partial charge on any atom is 0.261 e. The third-order valence-corrected chi connectivity index (χ3v) is 4.61. The third kappa shape index (κ3) is 3.50. The number of rotatable bonds is 3. The number of aliphatic hydroxyl groups is 1. The minimum absolute atomic E-state index is 0.0616. The lowest BCUT2D eigenvalue weighted by Crippen LogP contribution is -2.40. The number of carbonyl (C=O) groups is 1. The Labute approximate surface area is 129 Å². The second kappa shape index (κ2) is 6.24. The highest BCUT2D eigenvalue weighted by molar-refractivity contribution is 6.30. The molecular formula is C16H20ClNO3. The van der Waals surface area contributed by atoms with Crippen molar-refractivity contribution in [3.05, 3.63) is 28.8 Å². The lowest BCUT2D eigenvalue weighted by atomic mass is 9.87. The lowest BCUT2D eigenvalue weighted by molar-refractivity contribution is -0.127. The molecule has 0 aromatic heterocycles. The molecule has 1 aromatic carbocycles. The highest BCUT2D eigenvalue weighted by atomic mass is 35.5. The van der Waals surface area contributed by atoms with Gasteiger partial charge in [-0.3, -0.25) is 4.79 Å². The van der Waals surface area contributed by atoms with Gasteiger partial charge in [0.15, 0.2) is 6.10 Å². The van der Waals surface area contributed by atoms with Gasteiger partial charge in [-0.05, 0) is 55.4 Å². The summed E-state index contributed by atoms with van der Waals surface area (Å²) in [7, 11) is 0. The number of halogens is 1. The molecule has 1 aliphatic carbocycles. The molecule has 114 valence electrons. The zero-order chi connectivity index (χ0) is 14.8. The average molecular weight is 310 g/mol. The Balaban J connectivity index is 1.49. The Kier molecular flexibility index (Phi) is 4.36. The van der Waals surface area contributed by atoms with Gasteiger partial charge in [0.25, 0.3) is 5.91 Å². The maximum absolute atomic E-state index is 12.2. The number of ether oxygens (including phenoxy) is 1. The predicted octanol–water partition coefficient (Wildman–Crippen LogP) is 2.31. The summed E-state index contributed by atoms with van der Waals surface area (Å²) in [5.74, 6) is 1.16. The van der Waals surface area contributed by atoms with Crippen molar-refractivity contribution in [2.75, 3.05) is 6.54 Å². The van der Waals surface area contributed by atoms with Crippen LogP contribution in [-0.2, 0) is 11.2 Å². The summed E-state index contributed by atoms with van der Waals surface area (Å²) in [4.78, 5) is 12.2. The highest BCUT2D eigenvalue weighted by Crippen LogP contribution is 2.31. The van der Waals surface area contributed by atoms with E-state index in [1.807, 2.05) is 12.1 Å². The minimum Gasteiger partial charge on any atom is -0.480 e. The number of aliphatic hydroxyl groups excluding tert-OH is 1. The van der Waals surface area contributed by atoms with E-state index in [4.69, 9.17) is 16.3 Å². The van der Waals surface area contributed by atoms with E-state index in [1.54, 1.807) is 6.07 Å². The van der Waals surface area contributed by atoms with E-state index in [0.29, 0.717) is 23.9 Å². The van der Waals surface area contributed by atoms with Crippen molar-refractivity contribution in [3.63, 3.8) is 0 Å². The van der Waals surface area contributed by atoms with Crippen LogP contribution in [0.1, 0.15) is 31.2 Å². The van der Waals surface area contributed by atoms with E-state index < -0.39 is 6.10 Å². The van der Waals surface area contributed by atoms with Crippen LogP contribution in [0.5, 0.6) is 5.75 Å². The van der Waals surface area contributed by atoms with Gasteiger partial charge in [-0.25, -0.2) is 0 Å². The van der Waals surface area contributed by atoms with Crippen LogP contribution in [-0.4, -0.2) is 29.8 Å². The van der Waals surface area contributed by atoms with Crippen molar-refractivity contribution in [3.8, 4) is 5.75 Å². The van der Waals surface area contributed by atoms with Gasteiger partial charge < -0.3 is 15.2 Å². The standard InChI is InChI=1S/C16H20ClNO3/c17-12-3-6-14-11(7-12)8-15(21-14)16(20)18-9-10-1-4-13(19)5-2-10/h3,6-7,10,13,15,19H,1-2,4-5,8-9H2,(H,18,20). The first-order valence-corrected chi connectivity index (χ1v) is 7.90. The molecule has 5 heteroatoms. The fourth-order valence-electron chi connectivity index (χ4n) is 3.07. The molecule has 21 heavy (non-hydrogen) atoms. The summed E-state index contributed by atoms with van der Waals surface area (Å²) in [6.07, 6.45) is 3.59. The summed E-state index contributed by atoms with van der Waals surface area (Å²) in [5, 5.41) is 13.1. The second-order valence-electron chi connectivity index (χ2n) is 5.98. The van der Waals surface area contributed by atoms with Crippen LogP contribution >= 0.6 is 11.6 Å². The molecular weight excluding hydrogens is 290 g/mol. The number of hydrogen-bond acceptors (Lipinski definition) is 3. The number of hydrogen-bond donors (Lipinski definition) is 2. The summed E-state index contributed by atoms with van der Waals surface area (Å²) < 4.78 is 5.67. The van der Waals surface area contributed by atoms with Gasteiger partial charge in [-0.1, -0.05) is 11.6 Å². The summed E-state index contributed by atoms with van der Waals surface area (Å²) in [6.45, 7) is 0.669. The molecule has 2 aliphatic rings. The molecule has 0 saturated heterocycles. The molecule has 1 atom stereocenters. The quantitative estimate of drug-likeness (QED) is 0.901. The summed E-state index contributed by atoms with van der Waals surface area (Å²) >= 11 is 5.95. The number of benzene rings is 1. The topological polar surface area (TPSA) is 58.6 Å². The van der Waals surface area contributed by atoms with Crippen LogP contribution in [0, 0.1) is 5.92 Å². The van der Waals surface area contributed by atoms with E-state index in [-0.39, 0.29) is 12.0 Å². The van der Waals surface area contributed by atoms with Gasteiger partial charge in [-0.15, -0.1) is 0 Å². The highest BCUT2D eigenvalue weighted by Gasteiger charge is 2.29. The van der Waals surface area contributed by atoms with Crippen molar-refractivity contribution >= 4 is 17.5 Å². The lowest BCUT2D eigenvalue weighted by Gasteiger charge is -2.25. The van der Waals surface area contributed by atoms with Crippen LogP contribution < -0.4 is 10.1 Å². The van der Waals surface area contributed by atoms with Crippen molar-refractivity contribution < 1.29 is 14.6 Å². The van der Waals surface area contributed by atoms with Crippen LogP contribution in [0.4, 0.5) is 0 Å². The molecule has 1 amide bonds. The molecule has 1 unspecified atom stereocenters. The van der Waals surface area contributed by atoms with Crippen LogP contribution in [0.3, 0.4) is 0 Å². The van der Waals surface area contributed by atoms with Gasteiger partial charge in [0.2, 0.25) is 0 Å². The van der Waals surface area contributed by atoms with Gasteiger partial charge in [0, 0.05) is 18.0 Å². The molecule has 1 saturated carbocycles. The van der Waals surface area contributed by atoms with Gasteiger partial charge in [0.05, 0.1) is 6.10 Å². The van der Waals surface area contributed by atoms with Gasteiger partial charge in [-0.2, -0.15) is 0 Å².